The molecule has 0 amide bonds. The van der Waals surface area contributed by atoms with E-state index in [0.29, 0.717) is 18.9 Å². The molecule has 0 aliphatic carbocycles. The van der Waals surface area contributed by atoms with Crippen LogP contribution in [-0.2, 0) is 18.2 Å². The van der Waals surface area contributed by atoms with Crippen molar-refractivity contribution in [3.05, 3.63) is 5.82 Å². The van der Waals surface area contributed by atoms with Gasteiger partial charge in [0.05, 0.1) is 19.2 Å². The van der Waals surface area contributed by atoms with Crippen LogP contribution in [-0.4, -0.2) is 39.0 Å². The molecule has 0 saturated heterocycles. The van der Waals surface area contributed by atoms with Gasteiger partial charge in [0.1, 0.15) is 0 Å². The quantitative estimate of drug-likeness (QED) is 0.466. The molecule has 7 heteroatoms. The van der Waals surface area contributed by atoms with Crippen LogP contribution in [0, 0.1) is 0 Å². The van der Waals surface area contributed by atoms with Crippen LogP contribution in [0.15, 0.2) is 0 Å². The van der Waals surface area contributed by atoms with Crippen molar-refractivity contribution in [3.8, 4) is 0 Å². The molecule has 0 bridgehead atoms. The molecule has 7 nitrogen and oxygen atoms in total. The Bertz CT molecular complexity index is 288. The van der Waals surface area contributed by atoms with Gasteiger partial charge < -0.3 is 4.74 Å². The molecule has 1 aromatic rings. The van der Waals surface area contributed by atoms with Crippen LogP contribution in [0.25, 0.3) is 0 Å². The second-order valence-corrected chi connectivity index (χ2v) is 3.33. The number of aryl methyl sites for hydroxylation is 1. The first-order chi connectivity index (χ1) is 7.17. The van der Waals surface area contributed by atoms with Crippen molar-refractivity contribution in [2.24, 2.45) is 12.9 Å². The monoisotopic (exact) mass is 214 g/mol. The second-order valence-electron chi connectivity index (χ2n) is 3.33. The number of nitrogens with zero attached hydrogens (tertiary/aromatic N) is 4. The maximum atomic E-state index is 5.45. The fourth-order valence-electron chi connectivity index (χ4n) is 1.34. The van der Waals surface area contributed by atoms with Gasteiger partial charge in [0.25, 0.3) is 0 Å². The maximum absolute atomic E-state index is 5.45. The smallest absolute Gasteiger partial charge is 0.176 e. The lowest BCUT2D eigenvalue weighted by atomic mass is 10.1. The SMILES string of the molecule is CCOC(C)C(Cc1nnn(C)n1)NN. The van der Waals surface area contributed by atoms with Gasteiger partial charge in [0, 0.05) is 13.0 Å². The Kier molecular flexibility index (Phi) is 4.60. The highest BCUT2D eigenvalue weighted by Gasteiger charge is 2.18. The molecule has 0 aliphatic heterocycles. The average Bonchev–Trinajstić information content (AvgIpc) is 2.61. The first-order valence-corrected chi connectivity index (χ1v) is 4.98. The highest BCUT2D eigenvalue weighted by Crippen LogP contribution is 2.03. The Hall–Kier alpha value is -1.05. The van der Waals surface area contributed by atoms with Crippen molar-refractivity contribution < 1.29 is 4.74 Å². The Morgan fingerprint density at radius 3 is 2.80 bits per heavy atom. The Labute approximate surface area is 88.9 Å². The minimum atomic E-state index is -0.00542. The number of nitrogens with one attached hydrogen (secondary N) is 1. The molecule has 3 N–H and O–H groups in total. The lowest BCUT2D eigenvalue weighted by Crippen LogP contribution is -2.45. The minimum absolute atomic E-state index is 0.00542. The van der Waals surface area contributed by atoms with Crippen molar-refractivity contribution in [3.63, 3.8) is 0 Å². The van der Waals surface area contributed by atoms with Crippen LogP contribution < -0.4 is 11.3 Å². The topological polar surface area (TPSA) is 90.9 Å². The van der Waals surface area contributed by atoms with Gasteiger partial charge in [-0.3, -0.25) is 11.3 Å². The third-order valence-corrected chi connectivity index (χ3v) is 2.16. The summed E-state index contributed by atoms with van der Waals surface area (Å²) >= 11 is 0. The number of hydrogen-bond donors (Lipinski definition) is 2. The highest BCUT2D eigenvalue weighted by atomic mass is 16.5. The van der Waals surface area contributed by atoms with Crippen molar-refractivity contribution in [2.75, 3.05) is 6.61 Å². The van der Waals surface area contributed by atoms with Crippen molar-refractivity contribution in [1.29, 1.82) is 0 Å². The standard InChI is InChI=1S/C8H18N6O/c1-4-15-6(2)7(10-9)5-8-11-13-14(3)12-8/h6-7,10H,4-5,9H2,1-3H3. The number of nitrogens with two attached hydrogens (primary N) is 1. The minimum Gasteiger partial charge on any atom is -0.377 e. The molecule has 0 aromatic carbocycles. The molecular weight excluding hydrogens is 196 g/mol. The molecule has 2 unspecified atom stereocenters. The van der Waals surface area contributed by atoms with Gasteiger partial charge in [-0.05, 0) is 19.1 Å². The fourth-order valence-corrected chi connectivity index (χ4v) is 1.34. The van der Waals surface area contributed by atoms with Crippen LogP contribution in [0.1, 0.15) is 19.7 Å². The molecule has 1 rings (SSSR count). The highest BCUT2D eigenvalue weighted by molar-refractivity contribution is 4.86. The lowest BCUT2D eigenvalue weighted by molar-refractivity contribution is 0.0471. The van der Waals surface area contributed by atoms with Gasteiger partial charge >= 0.3 is 0 Å². The maximum Gasteiger partial charge on any atom is 0.176 e. The Morgan fingerprint density at radius 2 is 2.33 bits per heavy atom. The molecule has 2 atom stereocenters. The number of aromatic nitrogens is 4. The zero-order valence-electron chi connectivity index (χ0n) is 9.34. The molecule has 0 radical (unpaired) electrons. The van der Waals surface area contributed by atoms with Crippen LogP contribution in [0.4, 0.5) is 0 Å². The van der Waals surface area contributed by atoms with E-state index < -0.39 is 0 Å². The van der Waals surface area contributed by atoms with Gasteiger partial charge in [-0.15, -0.1) is 10.2 Å². The average molecular weight is 214 g/mol. The van der Waals surface area contributed by atoms with E-state index >= 15 is 0 Å². The predicted octanol–water partition coefficient (Wildman–Crippen LogP) is -0.990. The van der Waals surface area contributed by atoms with Gasteiger partial charge in [-0.1, -0.05) is 0 Å². The number of hydrazine groups is 1. The molecule has 0 fully saturated rings. The lowest BCUT2D eigenvalue weighted by Gasteiger charge is -2.21. The molecular formula is C8H18N6O. The first kappa shape index (κ1) is 12.0. The summed E-state index contributed by atoms with van der Waals surface area (Å²) in [5.41, 5.74) is 2.70. The van der Waals surface area contributed by atoms with E-state index in [4.69, 9.17) is 10.6 Å². The van der Waals surface area contributed by atoms with Crippen molar-refractivity contribution in [2.45, 2.75) is 32.4 Å². The van der Waals surface area contributed by atoms with Crippen LogP contribution in [0.3, 0.4) is 0 Å². The summed E-state index contributed by atoms with van der Waals surface area (Å²) in [5, 5.41) is 11.7. The van der Waals surface area contributed by atoms with Gasteiger partial charge in [0.2, 0.25) is 0 Å². The van der Waals surface area contributed by atoms with E-state index in [1.807, 2.05) is 13.8 Å². The molecule has 0 aliphatic rings. The van der Waals surface area contributed by atoms with Crippen LogP contribution in [0.5, 0.6) is 0 Å². The summed E-state index contributed by atoms with van der Waals surface area (Å²) in [6.45, 7) is 4.57. The van der Waals surface area contributed by atoms with E-state index in [1.165, 1.54) is 4.80 Å². The Morgan fingerprint density at radius 1 is 1.60 bits per heavy atom. The first-order valence-electron chi connectivity index (χ1n) is 4.98. The number of tetrazole rings is 1. The summed E-state index contributed by atoms with van der Waals surface area (Å²) in [7, 11) is 1.73. The molecule has 86 valence electrons. The summed E-state index contributed by atoms with van der Waals surface area (Å²) in [4.78, 5) is 1.42. The van der Waals surface area contributed by atoms with Crippen LogP contribution >= 0.6 is 0 Å². The zero-order chi connectivity index (χ0) is 11.3. The van der Waals surface area contributed by atoms with Gasteiger partial charge in [-0.25, -0.2) is 0 Å². The van der Waals surface area contributed by atoms with E-state index in [1.54, 1.807) is 7.05 Å². The van der Waals surface area contributed by atoms with Crippen molar-refractivity contribution in [1.82, 2.24) is 25.6 Å². The summed E-state index contributed by atoms with van der Waals surface area (Å²) in [6, 6.07) is -0.00542. The summed E-state index contributed by atoms with van der Waals surface area (Å²) < 4.78 is 5.45. The third kappa shape index (κ3) is 3.54. The summed E-state index contributed by atoms with van der Waals surface area (Å²) in [6.07, 6.45) is 0.620. The predicted molar refractivity (Wildman–Crippen MR) is 54.7 cm³/mol. The van der Waals surface area contributed by atoms with E-state index in [0.717, 1.165) is 0 Å². The van der Waals surface area contributed by atoms with Gasteiger partial charge in [-0.2, -0.15) is 4.80 Å². The normalized spacial score (nSPS) is 15.2. The number of ether oxygens (including phenoxy) is 1. The zero-order valence-corrected chi connectivity index (χ0v) is 9.34. The largest absolute Gasteiger partial charge is 0.377 e. The van der Waals surface area contributed by atoms with E-state index in [2.05, 4.69) is 20.8 Å². The van der Waals surface area contributed by atoms with Crippen molar-refractivity contribution >= 4 is 0 Å². The van der Waals surface area contributed by atoms with Crippen LogP contribution in [0.2, 0.25) is 0 Å². The fraction of sp³-hybridized carbons (Fsp3) is 0.875. The van der Waals surface area contributed by atoms with Gasteiger partial charge in [0.15, 0.2) is 5.82 Å². The van der Waals surface area contributed by atoms with E-state index in [9.17, 15) is 0 Å². The van der Waals surface area contributed by atoms with E-state index in [-0.39, 0.29) is 12.1 Å². The number of hydrogen-bond acceptors (Lipinski definition) is 6. The molecule has 15 heavy (non-hydrogen) atoms. The second kappa shape index (κ2) is 5.74. The number of rotatable bonds is 6. The molecule has 0 spiro atoms. The molecule has 0 saturated carbocycles. The molecule has 1 heterocycles. The molecule has 1 aromatic heterocycles. The Balaban J connectivity index is 2.53. The third-order valence-electron chi connectivity index (χ3n) is 2.16. The summed E-state index contributed by atoms with van der Waals surface area (Å²) in [5.74, 6) is 6.11.